The van der Waals surface area contributed by atoms with Crippen molar-refractivity contribution in [2.45, 2.75) is 6.92 Å². The van der Waals surface area contributed by atoms with Crippen LogP contribution < -0.4 is 15.4 Å². The molecule has 0 aliphatic carbocycles. The Morgan fingerprint density at radius 2 is 1.85 bits per heavy atom. The van der Waals surface area contributed by atoms with Crippen LogP contribution >= 0.6 is 11.3 Å². The minimum absolute atomic E-state index is 0.512. The van der Waals surface area contributed by atoms with Gasteiger partial charge in [0.15, 0.2) is 5.82 Å². The summed E-state index contributed by atoms with van der Waals surface area (Å²) in [5.41, 5.74) is 4.65. The number of fused-ring (bicyclic) bond motifs is 2. The molecule has 6 aromatic rings. The van der Waals surface area contributed by atoms with Gasteiger partial charge in [-0.15, -0.1) is 11.3 Å². The van der Waals surface area contributed by atoms with Gasteiger partial charge < -0.3 is 15.4 Å². The van der Waals surface area contributed by atoms with E-state index >= 15 is 0 Å². The van der Waals surface area contributed by atoms with Crippen LogP contribution in [0.15, 0.2) is 78.6 Å². The van der Waals surface area contributed by atoms with Crippen molar-refractivity contribution in [3.8, 4) is 11.5 Å². The molecule has 0 radical (unpaired) electrons. The molecule has 0 amide bonds. The van der Waals surface area contributed by atoms with Gasteiger partial charge in [-0.3, -0.25) is 10.1 Å². The Morgan fingerprint density at radius 1 is 0.941 bits per heavy atom. The molecule has 0 atom stereocenters. The summed E-state index contributed by atoms with van der Waals surface area (Å²) in [6, 6.07) is 17.6. The van der Waals surface area contributed by atoms with Gasteiger partial charge in [-0.05, 0) is 72.5 Å². The summed E-state index contributed by atoms with van der Waals surface area (Å²) in [6.07, 6.45) is 5.21. The van der Waals surface area contributed by atoms with Gasteiger partial charge in [0.25, 0.3) is 0 Å². The van der Waals surface area contributed by atoms with Crippen LogP contribution in [0.4, 0.5) is 23.1 Å². The molecule has 0 fully saturated rings. The highest BCUT2D eigenvalue weighted by atomic mass is 32.1. The number of hydrogen-bond acceptors (Lipinski definition) is 8. The monoisotopic (exact) mass is 465 g/mol. The SMILES string of the molecule is Cc1cc(Nc2nc(Nc3ccc4[nH]ncc4c3)c3sccc3n2)ccc1Oc1cccnc1. The number of pyridine rings is 1. The number of nitrogens with one attached hydrogen (secondary N) is 3. The fourth-order valence-corrected chi connectivity index (χ4v) is 4.44. The molecule has 0 aliphatic rings. The number of ether oxygens (including phenoxy) is 1. The number of nitrogens with zero attached hydrogens (tertiary/aromatic N) is 4. The van der Waals surface area contributed by atoms with Crippen LogP contribution in [-0.2, 0) is 0 Å². The van der Waals surface area contributed by atoms with E-state index in [4.69, 9.17) is 9.72 Å². The second-order valence-electron chi connectivity index (χ2n) is 7.72. The summed E-state index contributed by atoms with van der Waals surface area (Å²) >= 11 is 1.60. The number of aromatic nitrogens is 5. The Morgan fingerprint density at radius 3 is 2.74 bits per heavy atom. The number of benzene rings is 2. The Hall–Kier alpha value is -4.50. The zero-order valence-electron chi connectivity index (χ0n) is 18.1. The number of hydrogen-bond donors (Lipinski definition) is 3. The van der Waals surface area contributed by atoms with Crippen LogP contribution in [0.2, 0.25) is 0 Å². The molecular weight excluding hydrogens is 446 g/mol. The smallest absolute Gasteiger partial charge is 0.229 e. The van der Waals surface area contributed by atoms with Gasteiger partial charge in [0, 0.05) is 23.0 Å². The molecular formula is C25H19N7OS. The summed E-state index contributed by atoms with van der Waals surface area (Å²) < 4.78 is 6.93. The minimum Gasteiger partial charge on any atom is -0.455 e. The standard InChI is InChI=1S/C25H19N7OS/c1-15-11-17(5-7-22(15)33-19-3-2-9-26-14-19)29-25-30-21-8-10-34-23(21)24(31-25)28-18-4-6-20-16(12-18)13-27-32-20/h2-14H,1H3,(H,27,32)(H2,28,29,30,31). The van der Waals surface area contributed by atoms with Gasteiger partial charge in [0.05, 0.1) is 28.1 Å². The molecule has 0 bridgehead atoms. The maximum Gasteiger partial charge on any atom is 0.229 e. The van der Waals surface area contributed by atoms with E-state index in [0.717, 1.165) is 49.6 Å². The van der Waals surface area contributed by atoms with Crippen LogP contribution in [0, 0.1) is 6.92 Å². The molecule has 0 spiro atoms. The summed E-state index contributed by atoms with van der Waals surface area (Å²) in [7, 11) is 0. The zero-order chi connectivity index (χ0) is 22.9. The molecule has 0 unspecified atom stereocenters. The molecule has 4 aromatic heterocycles. The molecule has 0 saturated carbocycles. The van der Waals surface area contributed by atoms with Crippen molar-refractivity contribution in [2.24, 2.45) is 0 Å². The van der Waals surface area contributed by atoms with Crippen LogP contribution in [-0.4, -0.2) is 25.1 Å². The Labute approximate surface area is 198 Å². The number of anilines is 4. The first-order valence-corrected chi connectivity index (χ1v) is 11.5. The lowest BCUT2D eigenvalue weighted by Gasteiger charge is -2.12. The number of aromatic amines is 1. The van der Waals surface area contributed by atoms with Crippen molar-refractivity contribution >= 4 is 55.6 Å². The second kappa shape index (κ2) is 8.45. The van der Waals surface area contributed by atoms with E-state index in [-0.39, 0.29) is 0 Å². The lowest BCUT2D eigenvalue weighted by atomic mass is 10.2. The number of rotatable bonds is 6. The third-order valence-electron chi connectivity index (χ3n) is 5.30. The van der Waals surface area contributed by atoms with Gasteiger partial charge in [0.2, 0.25) is 5.95 Å². The Bertz CT molecular complexity index is 1610. The topological polar surface area (TPSA) is 101 Å². The van der Waals surface area contributed by atoms with E-state index in [0.29, 0.717) is 11.7 Å². The zero-order valence-corrected chi connectivity index (χ0v) is 18.9. The lowest BCUT2D eigenvalue weighted by Crippen LogP contribution is -2.01. The fourth-order valence-electron chi connectivity index (χ4n) is 3.67. The molecule has 8 nitrogen and oxygen atoms in total. The van der Waals surface area contributed by atoms with Gasteiger partial charge in [-0.1, -0.05) is 0 Å². The largest absolute Gasteiger partial charge is 0.455 e. The summed E-state index contributed by atoms with van der Waals surface area (Å²) in [5, 5.41) is 16.9. The van der Waals surface area contributed by atoms with E-state index in [1.54, 1.807) is 29.9 Å². The van der Waals surface area contributed by atoms with Crippen LogP contribution in [0.1, 0.15) is 5.56 Å². The van der Waals surface area contributed by atoms with E-state index in [1.165, 1.54) is 0 Å². The van der Waals surface area contributed by atoms with E-state index < -0.39 is 0 Å². The molecule has 0 saturated heterocycles. The normalized spacial score (nSPS) is 11.1. The van der Waals surface area contributed by atoms with Crippen molar-refractivity contribution < 1.29 is 4.74 Å². The Balaban J connectivity index is 1.27. The highest BCUT2D eigenvalue weighted by Gasteiger charge is 2.11. The maximum atomic E-state index is 5.93. The highest BCUT2D eigenvalue weighted by molar-refractivity contribution is 7.17. The molecule has 4 heterocycles. The average molecular weight is 466 g/mol. The van der Waals surface area contributed by atoms with Crippen molar-refractivity contribution in [2.75, 3.05) is 10.6 Å². The van der Waals surface area contributed by atoms with E-state index in [9.17, 15) is 0 Å². The first-order chi connectivity index (χ1) is 16.7. The quantitative estimate of drug-likeness (QED) is 0.256. The summed E-state index contributed by atoms with van der Waals surface area (Å²) in [5.74, 6) is 2.73. The van der Waals surface area contributed by atoms with Crippen LogP contribution in [0.3, 0.4) is 0 Å². The number of thiophene rings is 1. The van der Waals surface area contributed by atoms with E-state index in [2.05, 4.69) is 30.8 Å². The predicted octanol–water partition coefficient (Wildman–Crippen LogP) is 6.55. The Kier molecular flexibility index (Phi) is 5.00. The molecule has 2 aromatic carbocycles. The van der Waals surface area contributed by atoms with Crippen molar-refractivity contribution in [1.82, 2.24) is 25.1 Å². The van der Waals surface area contributed by atoms with Gasteiger partial charge in [0.1, 0.15) is 11.5 Å². The molecule has 6 rings (SSSR count). The lowest BCUT2D eigenvalue weighted by molar-refractivity contribution is 0.476. The minimum atomic E-state index is 0.512. The highest BCUT2D eigenvalue weighted by Crippen LogP contribution is 2.32. The average Bonchev–Trinajstić information content (AvgIpc) is 3.51. The van der Waals surface area contributed by atoms with Crippen molar-refractivity contribution in [3.05, 3.63) is 84.1 Å². The predicted molar refractivity (Wildman–Crippen MR) is 136 cm³/mol. The van der Waals surface area contributed by atoms with Crippen LogP contribution in [0.25, 0.3) is 21.1 Å². The van der Waals surface area contributed by atoms with Crippen molar-refractivity contribution in [1.29, 1.82) is 0 Å². The first-order valence-electron chi connectivity index (χ1n) is 10.6. The van der Waals surface area contributed by atoms with Gasteiger partial charge >= 0.3 is 0 Å². The fraction of sp³-hybridized carbons (Fsp3) is 0.0400. The number of aryl methyl sites for hydroxylation is 1. The van der Waals surface area contributed by atoms with E-state index in [1.807, 2.05) is 66.9 Å². The molecule has 0 aliphatic heterocycles. The van der Waals surface area contributed by atoms with Crippen LogP contribution in [0.5, 0.6) is 11.5 Å². The third kappa shape index (κ3) is 4.00. The maximum absolute atomic E-state index is 5.93. The summed E-state index contributed by atoms with van der Waals surface area (Å²) in [6.45, 7) is 2.00. The first kappa shape index (κ1) is 20.1. The third-order valence-corrected chi connectivity index (χ3v) is 6.21. The second-order valence-corrected chi connectivity index (χ2v) is 8.64. The molecule has 3 N–H and O–H groups in total. The van der Waals surface area contributed by atoms with Crippen molar-refractivity contribution in [3.63, 3.8) is 0 Å². The molecule has 34 heavy (non-hydrogen) atoms. The number of H-pyrrole nitrogens is 1. The van der Waals surface area contributed by atoms with Gasteiger partial charge in [-0.2, -0.15) is 10.1 Å². The van der Waals surface area contributed by atoms with Gasteiger partial charge in [-0.25, -0.2) is 4.98 Å². The molecule has 9 heteroatoms. The molecule has 166 valence electrons. The summed E-state index contributed by atoms with van der Waals surface area (Å²) in [4.78, 5) is 13.5.